The Kier molecular flexibility index (Phi) is 5.84. The highest BCUT2D eigenvalue weighted by Gasteiger charge is 2.31. The molecule has 1 N–H and O–H groups in total. The maximum atomic E-state index is 13.5. The Labute approximate surface area is 204 Å². The summed E-state index contributed by atoms with van der Waals surface area (Å²) in [4.78, 5) is 32.9. The van der Waals surface area contributed by atoms with Gasteiger partial charge in [-0.1, -0.05) is 42.2 Å². The summed E-state index contributed by atoms with van der Waals surface area (Å²) in [5.41, 5.74) is 2.32. The van der Waals surface area contributed by atoms with Crippen molar-refractivity contribution < 1.29 is 14.3 Å². The van der Waals surface area contributed by atoms with Gasteiger partial charge in [-0.05, 0) is 42.3 Å². The highest BCUT2D eigenvalue weighted by Crippen LogP contribution is 2.34. The number of fused-ring (bicyclic) bond motifs is 2. The minimum Gasteiger partial charge on any atom is -0.454 e. The number of aromatic nitrogens is 2. The number of pyridine rings is 1. The lowest BCUT2D eigenvalue weighted by Crippen LogP contribution is -2.28. The molecule has 1 aromatic carbocycles. The van der Waals surface area contributed by atoms with Gasteiger partial charge in [-0.15, -0.1) is 6.58 Å². The molecule has 2 aliphatic heterocycles. The number of thiocarbonyl (C=S) groups is 1. The van der Waals surface area contributed by atoms with Gasteiger partial charge in [0, 0.05) is 19.3 Å². The van der Waals surface area contributed by atoms with Crippen LogP contribution in [0.5, 0.6) is 11.5 Å². The quantitative estimate of drug-likeness (QED) is 0.317. The molecule has 34 heavy (non-hydrogen) atoms. The van der Waals surface area contributed by atoms with E-state index in [9.17, 15) is 9.59 Å². The second-order valence-corrected chi connectivity index (χ2v) is 9.36. The molecule has 172 valence electrons. The molecule has 10 heteroatoms. The minimum atomic E-state index is -0.282. The number of carbonyl (C=O) groups is 1. The van der Waals surface area contributed by atoms with Crippen molar-refractivity contribution in [2.24, 2.45) is 0 Å². The first-order valence-corrected chi connectivity index (χ1v) is 11.7. The van der Waals surface area contributed by atoms with Gasteiger partial charge in [0.05, 0.1) is 10.5 Å². The monoisotopic (exact) mass is 492 g/mol. The summed E-state index contributed by atoms with van der Waals surface area (Å²) in [6.45, 7) is 6.47. The number of anilines is 1. The van der Waals surface area contributed by atoms with Crippen LogP contribution < -0.4 is 20.3 Å². The number of benzene rings is 1. The standard InChI is InChI=1S/C24H20N4O4S2/c1-3-8-28-23(30)19(34-24(28)33)11-16-20(26-21-14(2)5-4-9-27(21)22(16)29)25-12-15-6-7-17-18(10-15)32-13-31-17/h3-7,9-11,25H,1,8,12-13H2,2H3/b19-11-. The summed E-state index contributed by atoms with van der Waals surface area (Å²) in [5.74, 6) is 1.49. The maximum Gasteiger partial charge on any atom is 0.267 e. The number of aryl methyl sites for hydroxylation is 1. The molecule has 0 saturated carbocycles. The van der Waals surface area contributed by atoms with Crippen molar-refractivity contribution in [1.29, 1.82) is 0 Å². The lowest BCUT2D eigenvalue weighted by Gasteiger charge is -2.13. The third-order valence-electron chi connectivity index (χ3n) is 5.44. The first-order valence-electron chi connectivity index (χ1n) is 10.5. The van der Waals surface area contributed by atoms with Crippen LogP contribution in [-0.2, 0) is 11.3 Å². The van der Waals surface area contributed by atoms with Crippen molar-refractivity contribution in [3.8, 4) is 11.5 Å². The van der Waals surface area contributed by atoms with E-state index < -0.39 is 0 Å². The fraction of sp³-hybridized carbons (Fsp3) is 0.167. The Hall–Kier alpha value is -3.63. The van der Waals surface area contributed by atoms with E-state index in [1.165, 1.54) is 9.30 Å². The van der Waals surface area contributed by atoms with Crippen LogP contribution in [-0.4, -0.2) is 37.8 Å². The van der Waals surface area contributed by atoms with Crippen molar-refractivity contribution in [1.82, 2.24) is 14.3 Å². The summed E-state index contributed by atoms with van der Waals surface area (Å²) in [5, 5.41) is 3.27. The van der Waals surface area contributed by atoms with Crippen LogP contribution in [0.25, 0.3) is 11.7 Å². The Balaban J connectivity index is 1.56. The van der Waals surface area contributed by atoms with Crippen molar-refractivity contribution in [3.63, 3.8) is 0 Å². The van der Waals surface area contributed by atoms with Gasteiger partial charge < -0.3 is 14.8 Å². The molecular formula is C24H20N4O4S2. The summed E-state index contributed by atoms with van der Waals surface area (Å²) in [7, 11) is 0. The Morgan fingerprint density at radius 2 is 2.09 bits per heavy atom. The summed E-state index contributed by atoms with van der Waals surface area (Å²) >= 11 is 6.49. The zero-order chi connectivity index (χ0) is 23.8. The second-order valence-electron chi connectivity index (χ2n) is 7.69. The average molecular weight is 493 g/mol. The summed E-state index contributed by atoms with van der Waals surface area (Å²) < 4.78 is 12.7. The van der Waals surface area contributed by atoms with E-state index in [4.69, 9.17) is 26.7 Å². The number of nitrogens with one attached hydrogen (secondary N) is 1. The third kappa shape index (κ3) is 3.95. The van der Waals surface area contributed by atoms with E-state index in [1.54, 1.807) is 24.4 Å². The first-order chi connectivity index (χ1) is 16.5. The maximum absolute atomic E-state index is 13.5. The van der Waals surface area contributed by atoms with Crippen LogP contribution in [0.3, 0.4) is 0 Å². The number of carbonyl (C=O) groups excluding carboxylic acids is 1. The van der Waals surface area contributed by atoms with Crippen LogP contribution in [0.4, 0.5) is 5.82 Å². The predicted molar refractivity (Wildman–Crippen MR) is 136 cm³/mol. The van der Waals surface area contributed by atoms with Crippen molar-refractivity contribution in [2.45, 2.75) is 13.5 Å². The lowest BCUT2D eigenvalue weighted by molar-refractivity contribution is -0.121. The van der Waals surface area contributed by atoms with Crippen LogP contribution in [0.2, 0.25) is 0 Å². The number of thioether (sulfide) groups is 1. The van der Waals surface area contributed by atoms with E-state index in [-0.39, 0.29) is 23.8 Å². The highest BCUT2D eigenvalue weighted by atomic mass is 32.2. The topological polar surface area (TPSA) is 85.2 Å². The molecule has 1 amide bonds. The molecule has 8 nitrogen and oxygen atoms in total. The Morgan fingerprint density at radius 1 is 1.26 bits per heavy atom. The number of ether oxygens (including phenoxy) is 2. The molecule has 5 rings (SSSR count). The van der Waals surface area contributed by atoms with E-state index in [0.717, 1.165) is 22.9 Å². The van der Waals surface area contributed by atoms with Crippen molar-refractivity contribution >= 4 is 51.7 Å². The van der Waals surface area contributed by atoms with Gasteiger partial charge in [0.25, 0.3) is 11.5 Å². The van der Waals surface area contributed by atoms with Gasteiger partial charge >= 0.3 is 0 Å². The molecular weight excluding hydrogens is 472 g/mol. The zero-order valence-corrected chi connectivity index (χ0v) is 19.9. The fourth-order valence-electron chi connectivity index (χ4n) is 3.73. The second kappa shape index (κ2) is 8.96. The van der Waals surface area contributed by atoms with Crippen LogP contribution in [0.1, 0.15) is 16.7 Å². The van der Waals surface area contributed by atoms with E-state index >= 15 is 0 Å². The first kappa shape index (κ1) is 22.2. The molecule has 3 aromatic rings. The van der Waals surface area contributed by atoms with Crippen molar-refractivity contribution in [2.75, 3.05) is 18.7 Å². The number of hydrogen-bond donors (Lipinski definition) is 1. The summed E-state index contributed by atoms with van der Waals surface area (Å²) in [6, 6.07) is 9.33. The van der Waals surface area contributed by atoms with Gasteiger partial charge in [0.15, 0.2) is 11.5 Å². The molecule has 2 aromatic heterocycles. The fourth-order valence-corrected chi connectivity index (χ4v) is 4.99. The smallest absolute Gasteiger partial charge is 0.267 e. The third-order valence-corrected chi connectivity index (χ3v) is 6.82. The SMILES string of the molecule is C=CCN1C(=O)/C(=C/c2c(NCc3ccc4c(c3)OCO4)nc3c(C)cccn3c2=O)SC1=S. The zero-order valence-electron chi connectivity index (χ0n) is 18.2. The highest BCUT2D eigenvalue weighted by molar-refractivity contribution is 8.26. The molecule has 2 aliphatic rings. The van der Waals surface area contributed by atoms with Gasteiger partial charge in [0.1, 0.15) is 15.8 Å². The normalized spacial score (nSPS) is 16.0. The summed E-state index contributed by atoms with van der Waals surface area (Å²) in [6.07, 6.45) is 4.84. The molecule has 1 saturated heterocycles. The van der Waals surface area contributed by atoms with E-state index in [1.807, 2.05) is 31.2 Å². The number of rotatable bonds is 6. The molecule has 0 aliphatic carbocycles. The Morgan fingerprint density at radius 3 is 2.91 bits per heavy atom. The molecule has 4 heterocycles. The number of hydrogen-bond acceptors (Lipinski definition) is 8. The van der Waals surface area contributed by atoms with Gasteiger partial charge in [-0.3, -0.25) is 18.9 Å². The average Bonchev–Trinajstić information content (AvgIpc) is 3.40. The Bertz CT molecular complexity index is 1450. The molecule has 0 bridgehead atoms. The number of amides is 1. The molecule has 0 spiro atoms. The molecule has 0 radical (unpaired) electrons. The van der Waals surface area contributed by atoms with Crippen LogP contribution in [0.15, 0.2) is 58.9 Å². The van der Waals surface area contributed by atoms with Gasteiger partial charge in [-0.2, -0.15) is 0 Å². The van der Waals surface area contributed by atoms with E-state index in [2.05, 4.69) is 11.9 Å². The minimum absolute atomic E-state index is 0.197. The van der Waals surface area contributed by atoms with Crippen LogP contribution in [0, 0.1) is 6.92 Å². The van der Waals surface area contributed by atoms with E-state index in [0.29, 0.717) is 45.3 Å². The van der Waals surface area contributed by atoms with Gasteiger partial charge in [-0.25, -0.2) is 4.98 Å². The molecule has 1 fully saturated rings. The van der Waals surface area contributed by atoms with Gasteiger partial charge in [0.2, 0.25) is 6.79 Å². The lowest BCUT2D eigenvalue weighted by atomic mass is 10.2. The molecule has 0 atom stereocenters. The van der Waals surface area contributed by atoms with Crippen LogP contribution >= 0.6 is 24.0 Å². The largest absolute Gasteiger partial charge is 0.454 e. The number of nitrogens with zero attached hydrogens (tertiary/aromatic N) is 3. The molecule has 0 unspecified atom stereocenters. The van der Waals surface area contributed by atoms with Crippen molar-refractivity contribution in [3.05, 3.63) is 81.1 Å². The predicted octanol–water partition coefficient (Wildman–Crippen LogP) is 3.73.